The fourth-order valence-electron chi connectivity index (χ4n) is 2.25. The Morgan fingerprint density at radius 2 is 2.31 bits per heavy atom. The van der Waals surface area contributed by atoms with Gasteiger partial charge in [0.1, 0.15) is 0 Å². The van der Waals surface area contributed by atoms with Crippen LogP contribution in [0.2, 0.25) is 5.02 Å². The Bertz CT molecular complexity index is 369. The molecule has 1 nitrogen and oxygen atoms in total. The summed E-state index contributed by atoms with van der Waals surface area (Å²) in [5.74, 6) is 0.745. The minimum atomic E-state index is 0.466. The van der Waals surface area contributed by atoms with Crippen molar-refractivity contribution in [3.05, 3.63) is 19.8 Å². The van der Waals surface area contributed by atoms with Crippen LogP contribution in [0, 0.1) is 11.3 Å². The van der Waals surface area contributed by atoms with E-state index < -0.39 is 0 Å². The first-order valence-corrected chi connectivity index (χ1v) is 7.62. The largest absolute Gasteiger partial charge is 0.309 e. The van der Waals surface area contributed by atoms with Gasteiger partial charge in [0.25, 0.3) is 0 Å². The predicted octanol–water partition coefficient (Wildman–Crippen LogP) is 4.86. The van der Waals surface area contributed by atoms with Crippen LogP contribution >= 0.6 is 38.9 Å². The zero-order valence-corrected chi connectivity index (χ0v) is 13.0. The molecule has 2 rings (SSSR count). The van der Waals surface area contributed by atoms with Gasteiger partial charge < -0.3 is 5.32 Å². The first-order chi connectivity index (χ1) is 7.45. The molecule has 0 spiro atoms. The van der Waals surface area contributed by atoms with Crippen LogP contribution in [0.4, 0.5) is 0 Å². The van der Waals surface area contributed by atoms with Gasteiger partial charge in [-0.15, -0.1) is 11.3 Å². The lowest BCUT2D eigenvalue weighted by Crippen LogP contribution is -2.23. The van der Waals surface area contributed by atoms with E-state index in [1.165, 1.54) is 11.3 Å². The van der Waals surface area contributed by atoms with Crippen molar-refractivity contribution in [1.29, 1.82) is 0 Å². The molecule has 1 fully saturated rings. The summed E-state index contributed by atoms with van der Waals surface area (Å²) < 4.78 is 1.05. The molecule has 16 heavy (non-hydrogen) atoms. The van der Waals surface area contributed by atoms with Crippen LogP contribution in [0.25, 0.3) is 0 Å². The molecule has 0 radical (unpaired) electrons. The van der Waals surface area contributed by atoms with Gasteiger partial charge in [-0.3, -0.25) is 0 Å². The second-order valence-electron chi connectivity index (χ2n) is 5.10. The van der Waals surface area contributed by atoms with Crippen molar-refractivity contribution in [2.45, 2.75) is 33.2 Å². The average molecular weight is 323 g/mol. The van der Waals surface area contributed by atoms with Crippen molar-refractivity contribution in [2.75, 3.05) is 6.54 Å². The highest BCUT2D eigenvalue weighted by atomic mass is 79.9. The zero-order chi connectivity index (χ0) is 11.9. The maximum atomic E-state index is 6.11. The van der Waals surface area contributed by atoms with Gasteiger partial charge in [-0.25, -0.2) is 0 Å². The molecule has 1 aromatic heterocycles. The normalized spacial score (nSPS) is 24.4. The van der Waals surface area contributed by atoms with Crippen LogP contribution in [0.3, 0.4) is 0 Å². The third-order valence-corrected chi connectivity index (χ3v) is 5.94. The van der Waals surface area contributed by atoms with Crippen molar-refractivity contribution in [3.8, 4) is 0 Å². The van der Waals surface area contributed by atoms with E-state index in [1.807, 2.05) is 0 Å². The smallest absolute Gasteiger partial charge is 0.0887 e. The standard InChI is InChI=1S/C12H17BrClNS/c1-4-15-10(7-6-12(7,2)3)9-5-8(14)11(13)16-9/h5,7,10,15H,4,6H2,1-3H3. The minimum Gasteiger partial charge on any atom is -0.309 e. The van der Waals surface area contributed by atoms with E-state index in [4.69, 9.17) is 11.6 Å². The summed E-state index contributed by atoms with van der Waals surface area (Å²) in [5.41, 5.74) is 0.482. The molecule has 0 aliphatic heterocycles. The zero-order valence-electron chi connectivity index (χ0n) is 9.81. The molecule has 0 aromatic carbocycles. The highest BCUT2D eigenvalue weighted by Crippen LogP contribution is 2.58. The Hall–Kier alpha value is 0.430. The molecule has 1 heterocycles. The minimum absolute atomic E-state index is 0.466. The molecule has 0 bridgehead atoms. The molecule has 90 valence electrons. The highest BCUT2D eigenvalue weighted by molar-refractivity contribution is 9.11. The summed E-state index contributed by atoms with van der Waals surface area (Å²) in [6, 6.07) is 2.56. The van der Waals surface area contributed by atoms with Crippen LogP contribution in [0.15, 0.2) is 9.85 Å². The van der Waals surface area contributed by atoms with Crippen molar-refractivity contribution < 1.29 is 0 Å². The Balaban J connectivity index is 2.20. The van der Waals surface area contributed by atoms with Crippen molar-refractivity contribution in [2.24, 2.45) is 11.3 Å². The molecule has 1 N–H and O–H groups in total. The monoisotopic (exact) mass is 321 g/mol. The van der Waals surface area contributed by atoms with E-state index in [9.17, 15) is 0 Å². The Morgan fingerprint density at radius 1 is 1.69 bits per heavy atom. The van der Waals surface area contributed by atoms with E-state index in [1.54, 1.807) is 11.3 Å². The summed E-state index contributed by atoms with van der Waals surface area (Å²) in [6.07, 6.45) is 1.30. The predicted molar refractivity (Wildman–Crippen MR) is 75.3 cm³/mol. The lowest BCUT2D eigenvalue weighted by atomic mass is 10.0. The van der Waals surface area contributed by atoms with Gasteiger partial charge in [0.05, 0.1) is 8.81 Å². The van der Waals surface area contributed by atoms with Crippen molar-refractivity contribution >= 4 is 38.9 Å². The molecule has 1 aliphatic carbocycles. The summed E-state index contributed by atoms with van der Waals surface area (Å²) in [4.78, 5) is 1.36. The number of hydrogen-bond donors (Lipinski definition) is 1. The summed E-state index contributed by atoms with van der Waals surface area (Å²) in [5, 5.41) is 4.42. The topological polar surface area (TPSA) is 12.0 Å². The number of thiophene rings is 1. The van der Waals surface area contributed by atoms with Gasteiger partial charge in [-0.05, 0) is 46.3 Å². The van der Waals surface area contributed by atoms with E-state index in [-0.39, 0.29) is 0 Å². The summed E-state index contributed by atoms with van der Waals surface area (Å²) in [6.45, 7) is 7.84. The van der Waals surface area contributed by atoms with Gasteiger partial charge in [0, 0.05) is 10.9 Å². The van der Waals surface area contributed by atoms with Gasteiger partial charge in [-0.1, -0.05) is 32.4 Å². The fourth-order valence-corrected chi connectivity index (χ4v) is 4.14. The molecular formula is C12H17BrClNS. The number of hydrogen-bond acceptors (Lipinski definition) is 2. The second-order valence-corrected chi connectivity index (χ2v) is 7.91. The lowest BCUT2D eigenvalue weighted by molar-refractivity contribution is 0.428. The van der Waals surface area contributed by atoms with Gasteiger partial charge in [-0.2, -0.15) is 0 Å². The number of rotatable bonds is 4. The first kappa shape index (κ1) is 12.9. The fraction of sp³-hybridized carbons (Fsp3) is 0.667. The molecule has 2 unspecified atom stereocenters. The van der Waals surface area contributed by atoms with Crippen molar-refractivity contribution in [3.63, 3.8) is 0 Å². The van der Waals surface area contributed by atoms with Crippen LogP contribution < -0.4 is 5.32 Å². The molecule has 1 saturated carbocycles. The molecular weight excluding hydrogens is 306 g/mol. The molecule has 2 atom stereocenters. The summed E-state index contributed by atoms with van der Waals surface area (Å²) >= 11 is 11.4. The first-order valence-electron chi connectivity index (χ1n) is 5.64. The highest BCUT2D eigenvalue weighted by Gasteiger charge is 2.50. The quantitative estimate of drug-likeness (QED) is 0.834. The van der Waals surface area contributed by atoms with E-state index in [2.05, 4.69) is 48.1 Å². The molecule has 0 saturated heterocycles. The summed E-state index contributed by atoms with van der Waals surface area (Å²) in [7, 11) is 0. The maximum Gasteiger partial charge on any atom is 0.0887 e. The maximum absolute atomic E-state index is 6.11. The van der Waals surface area contributed by atoms with Crippen LogP contribution in [0.1, 0.15) is 38.1 Å². The number of halogens is 2. The van der Waals surface area contributed by atoms with E-state index >= 15 is 0 Å². The molecule has 1 aromatic rings. The van der Waals surface area contributed by atoms with Gasteiger partial charge in [0.2, 0.25) is 0 Å². The number of nitrogens with one attached hydrogen (secondary N) is 1. The Kier molecular flexibility index (Phi) is 3.70. The van der Waals surface area contributed by atoms with Crippen molar-refractivity contribution in [1.82, 2.24) is 5.32 Å². The average Bonchev–Trinajstić information content (AvgIpc) is 2.69. The van der Waals surface area contributed by atoms with E-state index in [0.29, 0.717) is 11.5 Å². The van der Waals surface area contributed by atoms with Crippen LogP contribution in [0.5, 0.6) is 0 Å². The Labute approximate surface area is 115 Å². The van der Waals surface area contributed by atoms with E-state index in [0.717, 1.165) is 21.3 Å². The second kappa shape index (κ2) is 4.60. The van der Waals surface area contributed by atoms with Gasteiger partial charge >= 0.3 is 0 Å². The molecule has 4 heteroatoms. The molecule has 0 amide bonds. The lowest BCUT2D eigenvalue weighted by Gasteiger charge is -2.18. The third-order valence-electron chi connectivity index (χ3n) is 3.39. The Morgan fingerprint density at radius 3 is 2.69 bits per heavy atom. The van der Waals surface area contributed by atoms with Crippen LogP contribution in [-0.4, -0.2) is 6.54 Å². The SMILES string of the molecule is CCNC(c1cc(Cl)c(Br)s1)C1CC1(C)C. The van der Waals surface area contributed by atoms with Crippen LogP contribution in [-0.2, 0) is 0 Å². The molecule has 1 aliphatic rings. The third kappa shape index (κ3) is 2.47. The van der Waals surface area contributed by atoms with Gasteiger partial charge in [0.15, 0.2) is 0 Å².